The molecule has 48 valence electrons. The molecule has 0 aliphatic carbocycles. The summed E-state index contributed by atoms with van der Waals surface area (Å²) in [7, 11) is 0. The van der Waals surface area contributed by atoms with Crippen molar-refractivity contribution in [3.8, 4) is 0 Å². The van der Waals surface area contributed by atoms with Gasteiger partial charge in [-0.3, -0.25) is 0 Å². The van der Waals surface area contributed by atoms with Gasteiger partial charge in [0.2, 0.25) is 0 Å². The van der Waals surface area contributed by atoms with Crippen LogP contribution in [0.1, 0.15) is 13.3 Å². The fourth-order valence-corrected chi connectivity index (χ4v) is 0.391. The molecule has 0 aromatic heterocycles. The topological polar surface area (TPSA) is 46.2 Å². The van der Waals surface area contributed by atoms with E-state index < -0.39 is 0 Å². The summed E-state index contributed by atoms with van der Waals surface area (Å²) in [4.78, 5) is 0. The first-order valence-electron chi connectivity index (χ1n) is 2.76. The van der Waals surface area contributed by atoms with E-state index in [4.69, 9.17) is 10.8 Å². The zero-order chi connectivity index (χ0) is 6.57. The van der Waals surface area contributed by atoms with Crippen molar-refractivity contribution < 1.29 is 5.11 Å². The summed E-state index contributed by atoms with van der Waals surface area (Å²) in [6, 6.07) is -0.222. The van der Waals surface area contributed by atoms with Crippen LogP contribution in [0.4, 0.5) is 0 Å². The van der Waals surface area contributed by atoms with Crippen LogP contribution in [-0.2, 0) is 0 Å². The monoisotopic (exact) mass is 115 g/mol. The van der Waals surface area contributed by atoms with Crippen LogP contribution >= 0.6 is 0 Å². The predicted molar refractivity (Wildman–Crippen MR) is 34.5 cm³/mol. The Morgan fingerprint density at radius 1 is 1.88 bits per heavy atom. The molecule has 0 rings (SSSR count). The Morgan fingerprint density at radius 3 is 2.50 bits per heavy atom. The summed E-state index contributed by atoms with van der Waals surface area (Å²) in [5.74, 6) is 0. The highest BCUT2D eigenvalue weighted by Gasteiger charge is 2.00. The van der Waals surface area contributed by atoms with Crippen molar-refractivity contribution >= 4 is 0 Å². The van der Waals surface area contributed by atoms with Gasteiger partial charge in [-0.1, -0.05) is 19.1 Å². The minimum Gasteiger partial charge on any atom is -0.394 e. The van der Waals surface area contributed by atoms with Gasteiger partial charge in [0, 0.05) is 6.04 Å². The van der Waals surface area contributed by atoms with Crippen LogP contribution in [0.2, 0.25) is 0 Å². The second kappa shape index (κ2) is 3.64. The number of hydrogen-bond donors (Lipinski definition) is 2. The summed E-state index contributed by atoms with van der Waals surface area (Å²) in [5.41, 5.74) is 6.29. The van der Waals surface area contributed by atoms with Gasteiger partial charge < -0.3 is 10.8 Å². The number of nitrogens with two attached hydrogens (primary N) is 1. The molecular formula is C6H13NO. The Kier molecular flexibility index (Phi) is 3.48. The Balaban J connectivity index is 3.46. The molecule has 0 bridgehead atoms. The molecule has 2 heteroatoms. The highest BCUT2D eigenvalue weighted by molar-refractivity contribution is 5.02. The van der Waals surface area contributed by atoms with E-state index in [1.54, 1.807) is 0 Å². The lowest BCUT2D eigenvalue weighted by molar-refractivity contribution is 0.278. The molecule has 0 spiro atoms. The van der Waals surface area contributed by atoms with Crippen LogP contribution in [0.3, 0.4) is 0 Å². The molecule has 3 N–H and O–H groups in total. The molecule has 0 heterocycles. The third kappa shape index (κ3) is 2.09. The summed E-state index contributed by atoms with van der Waals surface area (Å²) >= 11 is 0. The van der Waals surface area contributed by atoms with Gasteiger partial charge in [0.25, 0.3) is 0 Å². The molecule has 0 amide bonds. The number of rotatable bonds is 3. The van der Waals surface area contributed by atoms with Crippen molar-refractivity contribution in [3.63, 3.8) is 0 Å². The fraction of sp³-hybridized carbons (Fsp3) is 0.667. The lowest BCUT2D eigenvalue weighted by Gasteiger charge is -2.07. The normalized spacial score (nSPS) is 13.4. The average Bonchev–Trinajstić information content (AvgIpc) is 1.84. The maximum absolute atomic E-state index is 8.45. The van der Waals surface area contributed by atoms with Gasteiger partial charge in [0.15, 0.2) is 0 Å². The highest BCUT2D eigenvalue weighted by atomic mass is 16.3. The molecule has 0 radical (unpaired) electrons. The van der Waals surface area contributed by atoms with Crippen LogP contribution < -0.4 is 5.73 Å². The van der Waals surface area contributed by atoms with E-state index in [-0.39, 0.29) is 12.6 Å². The lowest BCUT2D eigenvalue weighted by atomic mass is 10.1. The Labute approximate surface area is 50.0 Å². The standard InChI is InChI=1S/C6H13NO/c1-3-5(2)6(7)4-8/h6,8H,2-4,7H2,1H3/t6-/m0/s1. The van der Waals surface area contributed by atoms with Crippen molar-refractivity contribution in [1.82, 2.24) is 0 Å². The van der Waals surface area contributed by atoms with Gasteiger partial charge >= 0.3 is 0 Å². The van der Waals surface area contributed by atoms with Crippen molar-refractivity contribution in [1.29, 1.82) is 0 Å². The van der Waals surface area contributed by atoms with E-state index in [0.29, 0.717) is 0 Å². The van der Waals surface area contributed by atoms with E-state index in [1.165, 1.54) is 0 Å². The van der Waals surface area contributed by atoms with Gasteiger partial charge in [-0.15, -0.1) is 0 Å². The second-order valence-electron chi connectivity index (χ2n) is 1.80. The average molecular weight is 115 g/mol. The maximum Gasteiger partial charge on any atom is 0.0621 e. The van der Waals surface area contributed by atoms with Gasteiger partial charge in [0.1, 0.15) is 0 Å². The Hall–Kier alpha value is -0.340. The van der Waals surface area contributed by atoms with E-state index in [0.717, 1.165) is 12.0 Å². The Morgan fingerprint density at radius 2 is 2.38 bits per heavy atom. The minimum atomic E-state index is -0.222. The highest BCUT2D eigenvalue weighted by Crippen LogP contribution is 1.99. The van der Waals surface area contributed by atoms with Crippen LogP contribution in [0.15, 0.2) is 12.2 Å². The van der Waals surface area contributed by atoms with Gasteiger partial charge in [0.05, 0.1) is 6.61 Å². The molecule has 0 aromatic carbocycles. The first-order valence-corrected chi connectivity index (χ1v) is 2.76. The molecule has 1 atom stereocenters. The molecule has 0 unspecified atom stereocenters. The van der Waals surface area contributed by atoms with Crippen LogP contribution in [0, 0.1) is 0 Å². The molecule has 0 saturated carbocycles. The summed E-state index contributed by atoms with van der Waals surface area (Å²) in [5, 5.41) is 8.45. The quantitative estimate of drug-likeness (QED) is 0.519. The predicted octanol–water partition coefficient (Wildman–Crippen LogP) is 0.272. The lowest BCUT2D eigenvalue weighted by Crippen LogP contribution is -2.25. The van der Waals surface area contributed by atoms with Crippen molar-refractivity contribution in [3.05, 3.63) is 12.2 Å². The summed E-state index contributed by atoms with van der Waals surface area (Å²) in [6.45, 7) is 5.64. The minimum absolute atomic E-state index is 0.00662. The maximum atomic E-state index is 8.45. The first-order chi connectivity index (χ1) is 3.72. The summed E-state index contributed by atoms with van der Waals surface area (Å²) < 4.78 is 0. The second-order valence-corrected chi connectivity index (χ2v) is 1.80. The first kappa shape index (κ1) is 7.66. The SMILES string of the molecule is C=C(CC)[C@@H](N)CO. The molecular weight excluding hydrogens is 102 g/mol. The van der Waals surface area contributed by atoms with Crippen LogP contribution in [0.5, 0.6) is 0 Å². The zero-order valence-corrected chi connectivity index (χ0v) is 5.22. The number of hydrogen-bond acceptors (Lipinski definition) is 2. The molecule has 0 fully saturated rings. The molecule has 0 aromatic rings. The van der Waals surface area contributed by atoms with Gasteiger partial charge in [-0.25, -0.2) is 0 Å². The molecule has 8 heavy (non-hydrogen) atoms. The third-order valence-electron chi connectivity index (χ3n) is 1.18. The number of aliphatic hydroxyl groups excluding tert-OH is 1. The largest absolute Gasteiger partial charge is 0.394 e. The number of aliphatic hydroxyl groups is 1. The third-order valence-corrected chi connectivity index (χ3v) is 1.18. The van der Waals surface area contributed by atoms with Gasteiger partial charge in [-0.05, 0) is 6.42 Å². The van der Waals surface area contributed by atoms with Crippen molar-refractivity contribution in [2.75, 3.05) is 6.61 Å². The van der Waals surface area contributed by atoms with E-state index in [1.807, 2.05) is 6.92 Å². The molecule has 0 aliphatic rings. The smallest absolute Gasteiger partial charge is 0.0621 e. The van der Waals surface area contributed by atoms with Gasteiger partial charge in [-0.2, -0.15) is 0 Å². The van der Waals surface area contributed by atoms with E-state index in [9.17, 15) is 0 Å². The summed E-state index contributed by atoms with van der Waals surface area (Å²) in [6.07, 6.45) is 0.849. The van der Waals surface area contributed by atoms with E-state index >= 15 is 0 Å². The Bertz CT molecular complexity index is 80.6. The fourth-order valence-electron chi connectivity index (χ4n) is 0.391. The van der Waals surface area contributed by atoms with Crippen molar-refractivity contribution in [2.45, 2.75) is 19.4 Å². The van der Waals surface area contributed by atoms with Crippen molar-refractivity contribution in [2.24, 2.45) is 5.73 Å². The molecule has 0 saturated heterocycles. The van der Waals surface area contributed by atoms with Crippen LogP contribution in [-0.4, -0.2) is 17.8 Å². The molecule has 2 nitrogen and oxygen atoms in total. The molecule has 0 aliphatic heterocycles. The van der Waals surface area contributed by atoms with Crippen LogP contribution in [0.25, 0.3) is 0 Å². The van der Waals surface area contributed by atoms with E-state index in [2.05, 4.69) is 6.58 Å². The zero-order valence-electron chi connectivity index (χ0n) is 5.22.